The quantitative estimate of drug-likeness (QED) is 0.600. The Morgan fingerprint density at radius 1 is 1.53 bits per heavy atom. The average molecular weight is 208 g/mol. The number of carbonyl (C=O) groups excluding carboxylic acids is 2. The molecule has 1 saturated carbocycles. The largest absolute Gasteiger partial charge is 0.480 e. The molecule has 78 valence electrons. The highest BCUT2D eigenvalue weighted by molar-refractivity contribution is 6.08. The molecule has 0 bridgehead atoms. The molecule has 1 saturated heterocycles. The Balaban J connectivity index is 2.18. The molecule has 0 aromatic heterocycles. The lowest BCUT2D eigenvalue weighted by Crippen LogP contribution is -2.38. The molecule has 6 nitrogen and oxygen atoms in total. The van der Waals surface area contributed by atoms with Crippen LogP contribution in [0.15, 0.2) is 0 Å². The van der Waals surface area contributed by atoms with Crippen molar-refractivity contribution in [2.24, 2.45) is 17.8 Å². The number of likely N-dealkylation sites (tertiary alicyclic amines) is 1. The van der Waals surface area contributed by atoms with Gasteiger partial charge in [-0.3, -0.25) is 19.3 Å². The number of carboxylic acid groups (broad SMARTS) is 1. The number of carboxylic acids is 1. The van der Waals surface area contributed by atoms with Crippen LogP contribution < -0.4 is 0 Å². The third kappa shape index (κ3) is 1.20. The van der Waals surface area contributed by atoms with Crippen LogP contribution in [0.5, 0.6) is 0 Å². The van der Waals surface area contributed by atoms with Crippen molar-refractivity contribution in [1.82, 2.24) is 4.90 Å². The van der Waals surface area contributed by atoms with E-state index in [1.807, 2.05) is 6.07 Å². The van der Waals surface area contributed by atoms with Gasteiger partial charge in [0, 0.05) is 0 Å². The summed E-state index contributed by atoms with van der Waals surface area (Å²) >= 11 is 0. The molecule has 1 aliphatic heterocycles. The predicted octanol–water partition coefficient (Wildman–Crippen LogP) is -0.784. The summed E-state index contributed by atoms with van der Waals surface area (Å²) in [5.74, 6) is -3.65. The van der Waals surface area contributed by atoms with Crippen LogP contribution in [0.2, 0.25) is 0 Å². The van der Waals surface area contributed by atoms with Crippen molar-refractivity contribution < 1.29 is 19.5 Å². The minimum Gasteiger partial charge on any atom is -0.480 e. The molecule has 15 heavy (non-hydrogen) atoms. The molecule has 2 rings (SSSR count). The van der Waals surface area contributed by atoms with Crippen LogP contribution in [0.25, 0.3) is 0 Å². The molecular weight excluding hydrogens is 200 g/mol. The number of hydrogen-bond acceptors (Lipinski definition) is 4. The summed E-state index contributed by atoms with van der Waals surface area (Å²) in [6, 6.07) is 1.95. The van der Waals surface area contributed by atoms with Crippen LogP contribution in [0, 0.1) is 29.1 Å². The summed E-state index contributed by atoms with van der Waals surface area (Å²) < 4.78 is 0. The monoisotopic (exact) mass is 208 g/mol. The Kier molecular flexibility index (Phi) is 1.96. The molecule has 1 heterocycles. The molecule has 3 atom stereocenters. The minimum absolute atomic E-state index is 0.377. The van der Waals surface area contributed by atoms with Gasteiger partial charge < -0.3 is 5.11 Å². The molecule has 2 fully saturated rings. The normalized spacial score (nSPS) is 33.3. The van der Waals surface area contributed by atoms with Gasteiger partial charge in [-0.1, -0.05) is 0 Å². The third-order valence-electron chi connectivity index (χ3n) is 2.97. The Bertz CT molecular complexity index is 397. The zero-order valence-corrected chi connectivity index (χ0v) is 7.71. The van der Waals surface area contributed by atoms with Crippen molar-refractivity contribution in [3.63, 3.8) is 0 Å². The number of nitrogens with zero attached hydrogens (tertiary/aromatic N) is 2. The van der Waals surface area contributed by atoms with Crippen molar-refractivity contribution in [1.29, 1.82) is 5.26 Å². The molecule has 0 aromatic rings. The van der Waals surface area contributed by atoms with Gasteiger partial charge >= 0.3 is 5.97 Å². The molecule has 1 N–H and O–H groups in total. The average Bonchev–Trinajstić information content (AvgIpc) is 2.26. The highest BCUT2D eigenvalue weighted by Gasteiger charge is 2.58. The van der Waals surface area contributed by atoms with Crippen molar-refractivity contribution in [2.45, 2.75) is 6.42 Å². The maximum atomic E-state index is 11.6. The molecule has 0 spiro atoms. The van der Waals surface area contributed by atoms with Gasteiger partial charge in [-0.25, -0.2) is 0 Å². The SMILES string of the molecule is N#CC1CC2C(=O)N(CC(=O)O)C(=O)C12. The second kappa shape index (κ2) is 3.05. The van der Waals surface area contributed by atoms with E-state index < -0.39 is 42.1 Å². The van der Waals surface area contributed by atoms with E-state index in [2.05, 4.69) is 0 Å². The Morgan fingerprint density at radius 3 is 2.73 bits per heavy atom. The van der Waals surface area contributed by atoms with Crippen molar-refractivity contribution in [3.05, 3.63) is 0 Å². The number of aliphatic carboxylic acids is 1. The van der Waals surface area contributed by atoms with Gasteiger partial charge in [-0.05, 0) is 6.42 Å². The fourth-order valence-corrected chi connectivity index (χ4v) is 2.16. The van der Waals surface area contributed by atoms with Gasteiger partial charge in [0.05, 0.1) is 23.8 Å². The zero-order valence-electron chi connectivity index (χ0n) is 7.71. The first-order valence-electron chi connectivity index (χ1n) is 4.53. The van der Waals surface area contributed by atoms with Crippen LogP contribution in [0.1, 0.15) is 6.42 Å². The molecular formula is C9H8N2O4. The van der Waals surface area contributed by atoms with E-state index in [9.17, 15) is 14.4 Å². The van der Waals surface area contributed by atoms with E-state index in [-0.39, 0.29) is 0 Å². The van der Waals surface area contributed by atoms with E-state index in [0.29, 0.717) is 6.42 Å². The summed E-state index contributed by atoms with van der Waals surface area (Å²) in [5, 5.41) is 17.2. The van der Waals surface area contributed by atoms with Gasteiger partial charge in [-0.2, -0.15) is 5.26 Å². The number of carbonyl (C=O) groups is 3. The first-order chi connectivity index (χ1) is 7.06. The van der Waals surface area contributed by atoms with E-state index in [0.717, 1.165) is 4.90 Å². The van der Waals surface area contributed by atoms with E-state index in [1.165, 1.54) is 0 Å². The lowest BCUT2D eigenvalue weighted by molar-refractivity contribution is -0.149. The lowest BCUT2D eigenvalue weighted by atomic mass is 9.67. The van der Waals surface area contributed by atoms with E-state index >= 15 is 0 Å². The van der Waals surface area contributed by atoms with Crippen molar-refractivity contribution in [2.75, 3.05) is 6.54 Å². The summed E-state index contributed by atoms with van der Waals surface area (Å²) in [7, 11) is 0. The first kappa shape index (κ1) is 9.65. The highest BCUT2D eigenvalue weighted by Crippen LogP contribution is 2.46. The standard InChI is InChI=1S/C9H8N2O4/c10-2-4-1-5-7(4)9(15)11(8(5)14)3-6(12)13/h4-5,7H,1,3H2,(H,12,13). The fraction of sp³-hybridized carbons (Fsp3) is 0.556. The molecule has 2 amide bonds. The predicted molar refractivity (Wildman–Crippen MR) is 45.1 cm³/mol. The number of nitriles is 1. The second-order valence-corrected chi connectivity index (χ2v) is 3.76. The molecule has 3 unspecified atom stereocenters. The summed E-state index contributed by atoms with van der Waals surface area (Å²) in [6.07, 6.45) is 0.377. The third-order valence-corrected chi connectivity index (χ3v) is 2.97. The number of amides is 2. The van der Waals surface area contributed by atoms with E-state index in [4.69, 9.17) is 10.4 Å². The van der Waals surface area contributed by atoms with Crippen LogP contribution in [0.4, 0.5) is 0 Å². The summed E-state index contributed by atoms with van der Waals surface area (Å²) in [5.41, 5.74) is 0. The van der Waals surface area contributed by atoms with E-state index in [1.54, 1.807) is 0 Å². The second-order valence-electron chi connectivity index (χ2n) is 3.76. The molecule has 2 aliphatic rings. The van der Waals surface area contributed by atoms with Crippen LogP contribution >= 0.6 is 0 Å². The Labute approximate surface area is 85.1 Å². The number of rotatable bonds is 2. The highest BCUT2D eigenvalue weighted by atomic mass is 16.4. The lowest BCUT2D eigenvalue weighted by Gasteiger charge is -2.30. The summed E-state index contributed by atoms with van der Waals surface area (Å²) in [4.78, 5) is 34.2. The number of imide groups is 1. The first-order valence-corrected chi connectivity index (χ1v) is 4.53. The molecule has 0 aromatic carbocycles. The smallest absolute Gasteiger partial charge is 0.323 e. The summed E-state index contributed by atoms with van der Waals surface area (Å²) in [6.45, 7) is -0.594. The molecule has 1 aliphatic carbocycles. The van der Waals surface area contributed by atoms with Gasteiger partial charge in [0.2, 0.25) is 11.8 Å². The van der Waals surface area contributed by atoms with Gasteiger partial charge in [0.25, 0.3) is 0 Å². The Hall–Kier alpha value is -1.90. The Morgan fingerprint density at radius 2 is 2.20 bits per heavy atom. The number of hydrogen-bond donors (Lipinski definition) is 1. The van der Waals surface area contributed by atoms with Gasteiger partial charge in [-0.15, -0.1) is 0 Å². The molecule has 6 heteroatoms. The van der Waals surface area contributed by atoms with Crippen LogP contribution in [0.3, 0.4) is 0 Å². The number of fused-ring (bicyclic) bond motifs is 1. The maximum Gasteiger partial charge on any atom is 0.323 e. The minimum atomic E-state index is -1.22. The van der Waals surface area contributed by atoms with Crippen LogP contribution in [-0.2, 0) is 14.4 Å². The fourth-order valence-electron chi connectivity index (χ4n) is 2.16. The van der Waals surface area contributed by atoms with Gasteiger partial charge in [0.1, 0.15) is 6.54 Å². The van der Waals surface area contributed by atoms with Crippen LogP contribution in [-0.4, -0.2) is 34.3 Å². The van der Waals surface area contributed by atoms with Crippen molar-refractivity contribution in [3.8, 4) is 6.07 Å². The maximum absolute atomic E-state index is 11.6. The topological polar surface area (TPSA) is 98.5 Å². The van der Waals surface area contributed by atoms with Gasteiger partial charge in [0.15, 0.2) is 0 Å². The van der Waals surface area contributed by atoms with Crippen molar-refractivity contribution >= 4 is 17.8 Å². The molecule has 0 radical (unpaired) electrons. The zero-order chi connectivity index (χ0) is 11.2.